The molecule has 0 bridgehead atoms. The van der Waals surface area contributed by atoms with Crippen molar-refractivity contribution in [1.29, 1.82) is 0 Å². The third-order valence-corrected chi connectivity index (χ3v) is 3.04. The number of benzene rings is 1. The Morgan fingerprint density at radius 1 is 1.14 bits per heavy atom. The number of hydrogen-bond donors (Lipinski definition) is 1. The van der Waals surface area contributed by atoms with Crippen LogP contribution in [0.15, 0.2) is 24.3 Å². The van der Waals surface area contributed by atoms with Crippen LogP contribution in [0.4, 0.5) is 0 Å². The van der Waals surface area contributed by atoms with Gasteiger partial charge >= 0.3 is 5.97 Å². The maximum atomic E-state index is 10.9. The number of carboxylic acids is 1. The second-order valence-electron chi connectivity index (χ2n) is 5.74. The molecule has 0 radical (unpaired) electrons. The third kappa shape index (κ3) is 6.49. The van der Waals surface area contributed by atoms with E-state index in [1.165, 1.54) is 0 Å². The van der Waals surface area contributed by atoms with Crippen molar-refractivity contribution in [3.63, 3.8) is 0 Å². The molecule has 0 aliphatic heterocycles. The number of hydrogen-bond acceptors (Lipinski definition) is 4. The molecule has 0 fully saturated rings. The molecule has 21 heavy (non-hydrogen) atoms. The van der Waals surface area contributed by atoms with Gasteiger partial charge in [-0.15, -0.1) is 0 Å². The standard InChI is InChI=1S/C16H25NO4/c1-5-20-13-6-8-14(9-7-13)21-11-10-17(12-15(18)19)16(2,3)4/h6-9H,5,10-12H2,1-4H3,(H,18,19). The molecule has 1 rings (SSSR count). The van der Waals surface area contributed by atoms with Crippen LogP contribution in [0.5, 0.6) is 11.5 Å². The van der Waals surface area contributed by atoms with Crippen molar-refractivity contribution in [1.82, 2.24) is 4.90 Å². The molecule has 0 saturated heterocycles. The van der Waals surface area contributed by atoms with Gasteiger partial charge in [0, 0.05) is 12.1 Å². The SMILES string of the molecule is CCOc1ccc(OCCN(CC(=O)O)C(C)(C)C)cc1. The van der Waals surface area contributed by atoms with Crippen molar-refractivity contribution < 1.29 is 19.4 Å². The van der Waals surface area contributed by atoms with Crippen LogP contribution in [-0.4, -0.2) is 47.8 Å². The predicted octanol–water partition coefficient (Wildman–Crippen LogP) is 2.65. The third-order valence-electron chi connectivity index (χ3n) is 3.04. The Bertz CT molecular complexity index is 437. The van der Waals surface area contributed by atoms with Crippen LogP contribution in [0.3, 0.4) is 0 Å². The van der Waals surface area contributed by atoms with Gasteiger partial charge in [-0.2, -0.15) is 0 Å². The zero-order valence-electron chi connectivity index (χ0n) is 13.3. The fourth-order valence-corrected chi connectivity index (χ4v) is 1.89. The van der Waals surface area contributed by atoms with E-state index in [0.29, 0.717) is 19.8 Å². The highest BCUT2D eigenvalue weighted by atomic mass is 16.5. The molecule has 0 saturated carbocycles. The number of carboxylic acid groups (broad SMARTS) is 1. The fraction of sp³-hybridized carbons (Fsp3) is 0.562. The average Bonchev–Trinajstić information content (AvgIpc) is 2.38. The Kier molecular flexibility index (Phi) is 6.49. The van der Waals surface area contributed by atoms with Crippen LogP contribution < -0.4 is 9.47 Å². The molecule has 0 heterocycles. The van der Waals surface area contributed by atoms with Crippen molar-refractivity contribution in [3.05, 3.63) is 24.3 Å². The summed E-state index contributed by atoms with van der Waals surface area (Å²) in [6.45, 7) is 9.56. The zero-order valence-corrected chi connectivity index (χ0v) is 13.3. The minimum Gasteiger partial charge on any atom is -0.494 e. The molecule has 0 aliphatic carbocycles. The number of carbonyl (C=O) groups is 1. The van der Waals surface area contributed by atoms with E-state index in [1.54, 1.807) is 0 Å². The minimum absolute atomic E-state index is 0.0101. The summed E-state index contributed by atoms with van der Waals surface area (Å²) in [4.78, 5) is 12.8. The van der Waals surface area contributed by atoms with Gasteiger partial charge in [0.25, 0.3) is 0 Å². The lowest BCUT2D eigenvalue weighted by molar-refractivity contribution is -0.139. The van der Waals surface area contributed by atoms with Crippen molar-refractivity contribution >= 4 is 5.97 Å². The van der Waals surface area contributed by atoms with Gasteiger partial charge in [-0.05, 0) is 52.0 Å². The van der Waals surface area contributed by atoms with Crippen molar-refractivity contribution in [3.8, 4) is 11.5 Å². The summed E-state index contributed by atoms with van der Waals surface area (Å²) >= 11 is 0. The van der Waals surface area contributed by atoms with Crippen LogP contribution in [-0.2, 0) is 4.79 Å². The van der Waals surface area contributed by atoms with E-state index in [1.807, 2.05) is 56.9 Å². The molecule has 0 aromatic heterocycles. The topological polar surface area (TPSA) is 59.0 Å². The van der Waals surface area contributed by atoms with E-state index in [0.717, 1.165) is 11.5 Å². The molecule has 0 spiro atoms. The van der Waals surface area contributed by atoms with E-state index >= 15 is 0 Å². The normalized spacial score (nSPS) is 11.5. The Balaban J connectivity index is 2.48. The highest BCUT2D eigenvalue weighted by Crippen LogP contribution is 2.18. The molecule has 0 atom stereocenters. The molecular weight excluding hydrogens is 270 g/mol. The molecular formula is C16H25NO4. The molecule has 5 nitrogen and oxygen atoms in total. The summed E-state index contributed by atoms with van der Waals surface area (Å²) in [6, 6.07) is 7.42. The molecule has 118 valence electrons. The summed E-state index contributed by atoms with van der Waals surface area (Å²) in [6.07, 6.45) is 0. The minimum atomic E-state index is -0.828. The van der Waals surface area contributed by atoms with Gasteiger partial charge < -0.3 is 14.6 Å². The van der Waals surface area contributed by atoms with Gasteiger partial charge in [0.15, 0.2) is 0 Å². The molecule has 1 aromatic rings. The zero-order chi connectivity index (χ0) is 15.9. The smallest absolute Gasteiger partial charge is 0.317 e. The van der Waals surface area contributed by atoms with Crippen LogP contribution in [0, 0.1) is 0 Å². The lowest BCUT2D eigenvalue weighted by Crippen LogP contribution is -2.46. The highest BCUT2D eigenvalue weighted by Gasteiger charge is 2.23. The van der Waals surface area contributed by atoms with E-state index in [2.05, 4.69) is 0 Å². The summed E-state index contributed by atoms with van der Waals surface area (Å²) in [5.74, 6) is 0.737. The van der Waals surface area contributed by atoms with Crippen LogP contribution in [0.25, 0.3) is 0 Å². The molecule has 0 aliphatic rings. The van der Waals surface area contributed by atoms with Crippen LogP contribution in [0.1, 0.15) is 27.7 Å². The van der Waals surface area contributed by atoms with E-state index in [-0.39, 0.29) is 12.1 Å². The van der Waals surface area contributed by atoms with E-state index < -0.39 is 5.97 Å². The van der Waals surface area contributed by atoms with Crippen molar-refractivity contribution in [2.24, 2.45) is 0 Å². The summed E-state index contributed by atoms with van der Waals surface area (Å²) < 4.78 is 11.0. The maximum absolute atomic E-state index is 10.9. The quantitative estimate of drug-likeness (QED) is 0.799. The van der Waals surface area contributed by atoms with Gasteiger partial charge in [-0.1, -0.05) is 0 Å². The highest BCUT2D eigenvalue weighted by molar-refractivity contribution is 5.69. The fourth-order valence-electron chi connectivity index (χ4n) is 1.89. The van der Waals surface area contributed by atoms with Crippen LogP contribution in [0.2, 0.25) is 0 Å². The van der Waals surface area contributed by atoms with Crippen molar-refractivity contribution in [2.45, 2.75) is 33.2 Å². The lowest BCUT2D eigenvalue weighted by atomic mass is 10.1. The number of nitrogens with zero attached hydrogens (tertiary/aromatic N) is 1. The first-order valence-electron chi connectivity index (χ1n) is 7.15. The van der Waals surface area contributed by atoms with Crippen molar-refractivity contribution in [2.75, 3.05) is 26.3 Å². The van der Waals surface area contributed by atoms with E-state index in [4.69, 9.17) is 14.6 Å². The Morgan fingerprint density at radius 2 is 1.67 bits per heavy atom. The second kappa shape index (κ2) is 7.88. The lowest BCUT2D eigenvalue weighted by Gasteiger charge is -2.34. The Morgan fingerprint density at radius 3 is 2.10 bits per heavy atom. The summed E-state index contributed by atoms with van der Waals surface area (Å²) in [5, 5.41) is 8.95. The second-order valence-corrected chi connectivity index (χ2v) is 5.74. The largest absolute Gasteiger partial charge is 0.494 e. The van der Waals surface area contributed by atoms with E-state index in [9.17, 15) is 4.79 Å². The Hall–Kier alpha value is -1.75. The summed E-state index contributed by atoms with van der Waals surface area (Å²) in [7, 11) is 0. The monoisotopic (exact) mass is 295 g/mol. The first kappa shape index (κ1) is 17.3. The molecule has 1 N–H and O–H groups in total. The number of aliphatic carboxylic acids is 1. The Labute approximate surface area is 126 Å². The van der Waals surface area contributed by atoms with Crippen LogP contribution >= 0.6 is 0 Å². The molecule has 0 unspecified atom stereocenters. The predicted molar refractivity (Wildman–Crippen MR) is 82.1 cm³/mol. The molecule has 5 heteroatoms. The number of rotatable bonds is 8. The summed E-state index contributed by atoms with van der Waals surface area (Å²) in [5.41, 5.74) is -0.208. The number of ether oxygens (including phenoxy) is 2. The van der Waals surface area contributed by atoms with Gasteiger partial charge in [0.1, 0.15) is 18.1 Å². The molecule has 1 aromatic carbocycles. The molecule has 0 amide bonds. The van der Waals surface area contributed by atoms with Gasteiger partial charge in [0.05, 0.1) is 13.2 Å². The van der Waals surface area contributed by atoms with Gasteiger partial charge in [-0.3, -0.25) is 9.69 Å². The average molecular weight is 295 g/mol. The van der Waals surface area contributed by atoms with Gasteiger partial charge in [-0.25, -0.2) is 0 Å². The first-order valence-corrected chi connectivity index (χ1v) is 7.15. The maximum Gasteiger partial charge on any atom is 0.317 e. The van der Waals surface area contributed by atoms with Gasteiger partial charge in [0.2, 0.25) is 0 Å². The first-order chi connectivity index (χ1) is 9.82.